The molecule has 0 spiro atoms. The van der Waals surface area contributed by atoms with Gasteiger partial charge in [-0.25, -0.2) is 0 Å². The van der Waals surface area contributed by atoms with Crippen molar-refractivity contribution in [1.29, 1.82) is 0 Å². The second kappa shape index (κ2) is 64.5. The number of aliphatic hydroxyl groups excluding tert-OH is 1. The molecular formula is C73H145N2O6P. The Kier molecular flexibility index (Phi) is 63.7. The number of phosphoric acid groups is 1. The van der Waals surface area contributed by atoms with Crippen molar-refractivity contribution in [2.45, 2.75) is 398 Å². The topological polar surface area (TPSA) is 108 Å². The number of aliphatic hydroxyl groups is 1. The standard InChI is InChI=1S/C73H145N2O6P/c1-6-8-10-12-14-16-18-20-22-24-26-28-30-32-33-34-35-36-37-38-39-40-41-43-45-47-49-51-53-55-57-59-61-63-65-67-73(77)74-71(70-81-82(78,79)80-69-68-75(3,4)5)72(76)66-64-62-60-58-56-54-52-50-48-46-44-42-31-29-27-25-23-21-19-17-15-13-11-9-7-2/h30,32,34-35,71-72,76H,6-29,31,33,36-70H2,1-5H3,(H-,74,77,78,79)/b32-30-,35-34-. The Bertz CT molecular complexity index is 1390. The Balaban J connectivity index is 3.96. The van der Waals surface area contributed by atoms with E-state index < -0.39 is 20.0 Å². The Morgan fingerprint density at radius 1 is 0.427 bits per heavy atom. The van der Waals surface area contributed by atoms with Crippen LogP contribution >= 0.6 is 7.82 Å². The monoisotopic (exact) mass is 1180 g/mol. The van der Waals surface area contributed by atoms with Crippen molar-refractivity contribution in [1.82, 2.24) is 5.32 Å². The highest BCUT2D eigenvalue weighted by molar-refractivity contribution is 7.45. The number of nitrogens with zero attached hydrogens (tertiary/aromatic N) is 1. The molecule has 0 bridgehead atoms. The molecule has 0 aliphatic heterocycles. The maximum Gasteiger partial charge on any atom is 0.268 e. The van der Waals surface area contributed by atoms with Crippen LogP contribution in [0.5, 0.6) is 0 Å². The number of carbonyl (C=O) groups is 1. The largest absolute Gasteiger partial charge is 0.756 e. The van der Waals surface area contributed by atoms with Gasteiger partial charge in [-0.1, -0.05) is 359 Å². The normalized spacial score (nSPS) is 13.7. The lowest BCUT2D eigenvalue weighted by Crippen LogP contribution is -2.46. The summed E-state index contributed by atoms with van der Waals surface area (Å²) in [5, 5.41) is 14.1. The first-order valence-electron chi connectivity index (χ1n) is 36.7. The molecule has 82 heavy (non-hydrogen) atoms. The van der Waals surface area contributed by atoms with Gasteiger partial charge in [-0.2, -0.15) is 0 Å². The van der Waals surface area contributed by atoms with Crippen molar-refractivity contribution in [3.63, 3.8) is 0 Å². The molecule has 0 fully saturated rings. The number of phosphoric ester groups is 1. The number of rotatable bonds is 69. The van der Waals surface area contributed by atoms with E-state index in [1.165, 1.54) is 315 Å². The lowest BCUT2D eigenvalue weighted by molar-refractivity contribution is -0.870. The van der Waals surface area contributed by atoms with E-state index in [2.05, 4.69) is 43.5 Å². The zero-order valence-electron chi connectivity index (χ0n) is 56.0. The Morgan fingerprint density at radius 3 is 1.01 bits per heavy atom. The van der Waals surface area contributed by atoms with Crippen LogP contribution in [0.4, 0.5) is 0 Å². The van der Waals surface area contributed by atoms with Gasteiger partial charge in [-0.05, 0) is 44.9 Å². The van der Waals surface area contributed by atoms with Gasteiger partial charge >= 0.3 is 0 Å². The van der Waals surface area contributed by atoms with Gasteiger partial charge in [0.05, 0.1) is 39.9 Å². The molecule has 0 aromatic rings. The molecule has 488 valence electrons. The Labute approximate surface area is 513 Å². The zero-order valence-corrected chi connectivity index (χ0v) is 56.9. The summed E-state index contributed by atoms with van der Waals surface area (Å²) < 4.78 is 23.6. The van der Waals surface area contributed by atoms with Crippen LogP contribution in [0.25, 0.3) is 0 Å². The fourth-order valence-electron chi connectivity index (χ4n) is 11.5. The summed E-state index contributed by atoms with van der Waals surface area (Å²) in [7, 11) is 1.32. The van der Waals surface area contributed by atoms with Gasteiger partial charge in [0.15, 0.2) is 0 Å². The highest BCUT2D eigenvalue weighted by Crippen LogP contribution is 2.38. The quantitative estimate of drug-likeness (QED) is 0.0272. The molecule has 0 heterocycles. The second-order valence-electron chi connectivity index (χ2n) is 26.7. The van der Waals surface area contributed by atoms with Gasteiger partial charge in [0.25, 0.3) is 7.82 Å². The molecule has 0 saturated heterocycles. The summed E-state index contributed by atoms with van der Waals surface area (Å²) in [4.78, 5) is 25.7. The van der Waals surface area contributed by atoms with Gasteiger partial charge in [0.1, 0.15) is 13.2 Å². The minimum Gasteiger partial charge on any atom is -0.756 e. The van der Waals surface area contributed by atoms with Crippen molar-refractivity contribution in [3.8, 4) is 0 Å². The summed E-state index contributed by atoms with van der Waals surface area (Å²) in [6.45, 7) is 4.79. The fraction of sp³-hybridized carbons (Fsp3) is 0.932. The van der Waals surface area contributed by atoms with Crippen molar-refractivity contribution in [2.24, 2.45) is 0 Å². The van der Waals surface area contributed by atoms with E-state index >= 15 is 0 Å². The van der Waals surface area contributed by atoms with Gasteiger partial charge in [-0.15, -0.1) is 0 Å². The second-order valence-corrected chi connectivity index (χ2v) is 28.1. The van der Waals surface area contributed by atoms with E-state index in [4.69, 9.17) is 9.05 Å². The van der Waals surface area contributed by atoms with Gasteiger partial charge in [-0.3, -0.25) is 9.36 Å². The van der Waals surface area contributed by atoms with E-state index in [1.807, 2.05) is 21.1 Å². The van der Waals surface area contributed by atoms with Gasteiger partial charge in [0.2, 0.25) is 5.91 Å². The van der Waals surface area contributed by atoms with Crippen LogP contribution in [0.1, 0.15) is 386 Å². The fourth-order valence-corrected chi connectivity index (χ4v) is 12.2. The first-order chi connectivity index (χ1) is 40.0. The van der Waals surface area contributed by atoms with Gasteiger partial charge in [0, 0.05) is 6.42 Å². The van der Waals surface area contributed by atoms with Crippen molar-refractivity contribution >= 4 is 13.7 Å². The lowest BCUT2D eigenvalue weighted by atomic mass is 10.0. The van der Waals surface area contributed by atoms with Crippen LogP contribution in [0.15, 0.2) is 24.3 Å². The maximum atomic E-state index is 13.1. The summed E-state index contributed by atoms with van der Waals surface area (Å²) in [5.74, 6) is -0.156. The number of likely N-dealkylation sites (N-methyl/N-ethyl adjacent to an activating group) is 1. The highest BCUT2D eigenvalue weighted by Gasteiger charge is 2.24. The molecule has 0 aromatic heterocycles. The third-order valence-electron chi connectivity index (χ3n) is 17.2. The van der Waals surface area contributed by atoms with E-state index in [0.29, 0.717) is 23.9 Å². The maximum absolute atomic E-state index is 13.1. The summed E-state index contributed by atoms with van der Waals surface area (Å²) >= 11 is 0. The minimum absolute atomic E-state index is 0.0148. The number of hydrogen-bond acceptors (Lipinski definition) is 6. The number of hydrogen-bond donors (Lipinski definition) is 2. The SMILES string of the molecule is CCCCCCCCCCCCC/C=C\C/C=C\CCCCCCCCCCCCCCCCCCCC(=O)NC(COP(=O)([O-])OCC[N+](C)(C)C)C(O)CCCCCCCCCCCCCCCCCCCCCCCCCCC. The minimum atomic E-state index is -4.58. The highest BCUT2D eigenvalue weighted by atomic mass is 31.2. The first-order valence-corrected chi connectivity index (χ1v) is 38.1. The van der Waals surface area contributed by atoms with Gasteiger partial charge < -0.3 is 28.8 Å². The number of nitrogens with one attached hydrogen (secondary N) is 1. The summed E-state index contributed by atoms with van der Waals surface area (Å²) in [5.41, 5.74) is 0. The van der Waals surface area contributed by atoms with E-state index in [0.717, 1.165) is 44.9 Å². The van der Waals surface area contributed by atoms with Crippen LogP contribution in [0.3, 0.4) is 0 Å². The van der Waals surface area contributed by atoms with Crippen LogP contribution in [-0.2, 0) is 18.4 Å². The van der Waals surface area contributed by atoms with Crippen LogP contribution in [0, 0.1) is 0 Å². The third kappa shape index (κ3) is 66.5. The molecule has 0 saturated carbocycles. The molecule has 0 aromatic carbocycles. The molecule has 8 nitrogen and oxygen atoms in total. The van der Waals surface area contributed by atoms with Crippen molar-refractivity contribution in [3.05, 3.63) is 24.3 Å². The number of allylic oxidation sites excluding steroid dienone is 4. The molecule has 0 rings (SSSR count). The van der Waals surface area contributed by atoms with Crippen LogP contribution in [-0.4, -0.2) is 68.5 Å². The first kappa shape index (κ1) is 81.0. The molecular weight excluding hydrogens is 1030 g/mol. The molecule has 0 aliphatic rings. The summed E-state index contributed by atoms with van der Waals surface area (Å²) in [6, 6.07) is -0.800. The molecule has 0 radical (unpaired) electrons. The predicted octanol–water partition coefficient (Wildman–Crippen LogP) is 22.8. The molecule has 9 heteroatoms. The zero-order chi connectivity index (χ0) is 59.8. The lowest BCUT2D eigenvalue weighted by Gasteiger charge is -2.30. The summed E-state index contributed by atoms with van der Waals surface area (Å²) in [6.07, 6.45) is 84.1. The average Bonchev–Trinajstić information content (AvgIpc) is 3.45. The molecule has 2 N–H and O–H groups in total. The Morgan fingerprint density at radius 2 is 0.707 bits per heavy atom. The van der Waals surface area contributed by atoms with Crippen molar-refractivity contribution < 1.29 is 32.9 Å². The van der Waals surface area contributed by atoms with Crippen LogP contribution in [0.2, 0.25) is 0 Å². The van der Waals surface area contributed by atoms with E-state index in [1.54, 1.807) is 0 Å². The molecule has 3 atom stereocenters. The predicted molar refractivity (Wildman–Crippen MR) is 358 cm³/mol. The number of unbranched alkanes of at least 4 members (excludes halogenated alkanes) is 52. The Hall–Kier alpha value is -1.02. The third-order valence-corrected chi connectivity index (χ3v) is 18.2. The van der Waals surface area contributed by atoms with Crippen molar-refractivity contribution in [2.75, 3.05) is 40.9 Å². The number of carbonyl (C=O) groups excluding carboxylic acids is 1. The number of amides is 1. The smallest absolute Gasteiger partial charge is 0.268 e. The van der Waals surface area contributed by atoms with E-state index in [-0.39, 0.29) is 19.1 Å². The average molecular weight is 1180 g/mol. The number of quaternary nitrogens is 1. The molecule has 0 aliphatic carbocycles. The molecule has 1 amide bonds. The molecule has 3 unspecified atom stereocenters. The van der Waals surface area contributed by atoms with E-state index in [9.17, 15) is 19.4 Å². The van der Waals surface area contributed by atoms with Crippen LogP contribution < -0.4 is 10.2 Å².